The zero-order chi connectivity index (χ0) is 21.9. The molecule has 0 unspecified atom stereocenters. The number of anilines is 1. The predicted octanol–water partition coefficient (Wildman–Crippen LogP) is 1.12. The maximum atomic E-state index is 13.0. The standard InChI is InChI=1S/C20H26N4O5S/c1-13-11-22-17(14(2)19(13)28-3)12-23-20(25)16-10-15(30(21,26)27)4-5-18(16)24-6-8-29-9-7-24/h4-5,10-11H,6-9,12H2,1-3H3,(H,23,25)(H2,21,26,27). The molecule has 9 nitrogen and oxygen atoms in total. The van der Waals surface area contributed by atoms with Gasteiger partial charge in [0.15, 0.2) is 0 Å². The average molecular weight is 435 g/mol. The maximum Gasteiger partial charge on any atom is 0.253 e. The van der Waals surface area contributed by atoms with Gasteiger partial charge in [-0.3, -0.25) is 9.78 Å². The van der Waals surface area contributed by atoms with Crippen molar-refractivity contribution in [2.45, 2.75) is 25.3 Å². The number of hydrogen-bond donors (Lipinski definition) is 2. The van der Waals surface area contributed by atoms with Crippen molar-refractivity contribution in [3.63, 3.8) is 0 Å². The van der Waals surface area contributed by atoms with Crippen LogP contribution in [0, 0.1) is 13.8 Å². The van der Waals surface area contributed by atoms with Gasteiger partial charge in [0, 0.05) is 36.1 Å². The first-order valence-corrected chi connectivity index (χ1v) is 11.0. The molecular weight excluding hydrogens is 408 g/mol. The first-order valence-electron chi connectivity index (χ1n) is 9.49. The van der Waals surface area contributed by atoms with Crippen molar-refractivity contribution in [3.05, 3.63) is 46.8 Å². The summed E-state index contributed by atoms with van der Waals surface area (Å²) in [5.74, 6) is 0.308. The topological polar surface area (TPSA) is 124 Å². The number of primary sulfonamides is 1. The number of amides is 1. The van der Waals surface area contributed by atoms with Gasteiger partial charge in [-0.1, -0.05) is 0 Å². The minimum atomic E-state index is -3.95. The van der Waals surface area contributed by atoms with Crippen LogP contribution in [0.3, 0.4) is 0 Å². The lowest BCUT2D eigenvalue weighted by Gasteiger charge is -2.30. The van der Waals surface area contributed by atoms with Gasteiger partial charge in [0.1, 0.15) is 5.75 Å². The second-order valence-corrected chi connectivity index (χ2v) is 8.61. The van der Waals surface area contributed by atoms with E-state index in [9.17, 15) is 13.2 Å². The number of aryl methyl sites for hydroxylation is 1. The molecule has 30 heavy (non-hydrogen) atoms. The molecule has 1 aromatic heterocycles. The summed E-state index contributed by atoms with van der Waals surface area (Å²) in [5, 5.41) is 8.10. The second kappa shape index (κ2) is 8.99. The summed E-state index contributed by atoms with van der Waals surface area (Å²) in [6.07, 6.45) is 1.69. The van der Waals surface area contributed by atoms with E-state index < -0.39 is 15.9 Å². The number of pyridine rings is 1. The van der Waals surface area contributed by atoms with E-state index in [1.54, 1.807) is 19.4 Å². The lowest BCUT2D eigenvalue weighted by atomic mass is 10.1. The zero-order valence-electron chi connectivity index (χ0n) is 17.3. The number of nitrogens with two attached hydrogens (primary N) is 1. The number of methoxy groups -OCH3 is 1. The van der Waals surface area contributed by atoms with Gasteiger partial charge in [-0.25, -0.2) is 13.6 Å². The van der Waals surface area contributed by atoms with Crippen molar-refractivity contribution >= 4 is 21.6 Å². The van der Waals surface area contributed by atoms with E-state index >= 15 is 0 Å². The molecule has 10 heteroatoms. The van der Waals surface area contributed by atoms with Crippen LogP contribution in [-0.2, 0) is 21.3 Å². The van der Waals surface area contributed by atoms with E-state index in [-0.39, 0.29) is 17.0 Å². The Bertz CT molecular complexity index is 1050. The summed E-state index contributed by atoms with van der Waals surface area (Å²) in [6.45, 7) is 6.21. The molecule has 3 rings (SSSR count). The summed E-state index contributed by atoms with van der Waals surface area (Å²) in [5.41, 5.74) is 3.28. The number of aromatic nitrogens is 1. The molecule has 1 aromatic carbocycles. The highest BCUT2D eigenvalue weighted by Gasteiger charge is 2.22. The first kappa shape index (κ1) is 22.0. The third-order valence-electron chi connectivity index (χ3n) is 5.06. The van der Waals surface area contributed by atoms with E-state index in [0.29, 0.717) is 37.7 Å². The Hall–Kier alpha value is -2.69. The Labute approximate surface area is 176 Å². The van der Waals surface area contributed by atoms with E-state index in [1.165, 1.54) is 12.1 Å². The number of morpholine rings is 1. The fourth-order valence-corrected chi connectivity index (χ4v) is 4.00. The Morgan fingerprint density at radius 1 is 1.30 bits per heavy atom. The number of sulfonamides is 1. The Morgan fingerprint density at radius 3 is 2.63 bits per heavy atom. The SMILES string of the molecule is COc1c(C)cnc(CNC(=O)c2cc(S(N)(=O)=O)ccc2N2CCOCC2)c1C. The number of hydrogen-bond acceptors (Lipinski definition) is 7. The molecule has 1 aliphatic rings. The molecule has 0 atom stereocenters. The first-order chi connectivity index (χ1) is 14.2. The fraction of sp³-hybridized carbons (Fsp3) is 0.400. The quantitative estimate of drug-likeness (QED) is 0.698. The summed E-state index contributed by atoms with van der Waals surface area (Å²) < 4.78 is 34.4. The number of nitrogens with zero attached hydrogens (tertiary/aromatic N) is 2. The zero-order valence-corrected chi connectivity index (χ0v) is 18.1. The van der Waals surface area contributed by atoms with Crippen LogP contribution in [-0.4, -0.2) is 52.7 Å². The van der Waals surface area contributed by atoms with Gasteiger partial charge < -0.3 is 19.7 Å². The van der Waals surface area contributed by atoms with Crippen LogP contribution in [0.25, 0.3) is 0 Å². The largest absolute Gasteiger partial charge is 0.496 e. The summed E-state index contributed by atoms with van der Waals surface area (Å²) in [4.78, 5) is 19.3. The Balaban J connectivity index is 1.90. The van der Waals surface area contributed by atoms with E-state index in [1.807, 2.05) is 18.7 Å². The number of nitrogens with one attached hydrogen (secondary N) is 1. The monoisotopic (exact) mass is 434 g/mol. The van der Waals surface area contributed by atoms with Gasteiger partial charge >= 0.3 is 0 Å². The van der Waals surface area contributed by atoms with Crippen LogP contribution < -0.4 is 20.1 Å². The highest BCUT2D eigenvalue weighted by Crippen LogP contribution is 2.26. The molecule has 1 aliphatic heterocycles. The molecule has 1 amide bonds. The van der Waals surface area contributed by atoms with Gasteiger partial charge in [-0.2, -0.15) is 0 Å². The van der Waals surface area contributed by atoms with Crippen molar-refractivity contribution in [2.75, 3.05) is 38.3 Å². The molecule has 1 saturated heterocycles. The van der Waals surface area contributed by atoms with Crippen molar-refractivity contribution in [3.8, 4) is 5.75 Å². The average Bonchev–Trinajstić information content (AvgIpc) is 2.73. The van der Waals surface area contributed by atoms with Crippen LogP contribution in [0.4, 0.5) is 5.69 Å². The molecular formula is C20H26N4O5S. The molecule has 0 spiro atoms. The molecule has 162 valence electrons. The molecule has 0 bridgehead atoms. The predicted molar refractivity (Wildman–Crippen MR) is 112 cm³/mol. The van der Waals surface area contributed by atoms with Crippen LogP contribution in [0.5, 0.6) is 5.75 Å². The minimum Gasteiger partial charge on any atom is -0.496 e. The molecule has 2 aromatic rings. The van der Waals surface area contributed by atoms with Crippen LogP contribution in [0.1, 0.15) is 27.2 Å². The van der Waals surface area contributed by atoms with Gasteiger partial charge in [0.05, 0.1) is 43.0 Å². The number of rotatable bonds is 6. The van der Waals surface area contributed by atoms with Crippen molar-refractivity contribution in [2.24, 2.45) is 5.14 Å². The number of carbonyl (C=O) groups is 1. The van der Waals surface area contributed by atoms with E-state index in [0.717, 1.165) is 16.9 Å². The van der Waals surface area contributed by atoms with Gasteiger partial charge in [-0.15, -0.1) is 0 Å². The summed E-state index contributed by atoms with van der Waals surface area (Å²) in [7, 11) is -2.36. The van der Waals surface area contributed by atoms with E-state index in [4.69, 9.17) is 14.6 Å². The van der Waals surface area contributed by atoms with Gasteiger partial charge in [0.2, 0.25) is 10.0 Å². The molecule has 0 aliphatic carbocycles. The van der Waals surface area contributed by atoms with Crippen molar-refractivity contribution in [1.82, 2.24) is 10.3 Å². The molecule has 0 saturated carbocycles. The highest BCUT2D eigenvalue weighted by atomic mass is 32.2. The molecule has 2 heterocycles. The number of ether oxygens (including phenoxy) is 2. The molecule has 3 N–H and O–H groups in total. The smallest absolute Gasteiger partial charge is 0.253 e. The van der Waals surface area contributed by atoms with Crippen LogP contribution in [0.2, 0.25) is 0 Å². The summed E-state index contributed by atoms with van der Waals surface area (Å²) in [6, 6.07) is 4.33. The lowest BCUT2D eigenvalue weighted by molar-refractivity contribution is 0.0948. The Kier molecular flexibility index (Phi) is 6.59. The van der Waals surface area contributed by atoms with E-state index in [2.05, 4.69) is 10.3 Å². The third-order valence-corrected chi connectivity index (χ3v) is 5.97. The van der Waals surface area contributed by atoms with Crippen molar-refractivity contribution in [1.29, 1.82) is 0 Å². The third kappa shape index (κ3) is 4.72. The van der Waals surface area contributed by atoms with Gasteiger partial charge in [-0.05, 0) is 32.0 Å². The number of carbonyl (C=O) groups excluding carboxylic acids is 1. The van der Waals surface area contributed by atoms with Crippen molar-refractivity contribution < 1.29 is 22.7 Å². The lowest BCUT2D eigenvalue weighted by Crippen LogP contribution is -2.38. The normalized spacial score (nSPS) is 14.5. The second-order valence-electron chi connectivity index (χ2n) is 7.05. The maximum absolute atomic E-state index is 13.0. The van der Waals surface area contributed by atoms with Crippen LogP contribution in [0.15, 0.2) is 29.3 Å². The number of benzene rings is 1. The molecule has 1 fully saturated rings. The van der Waals surface area contributed by atoms with Crippen LogP contribution >= 0.6 is 0 Å². The highest BCUT2D eigenvalue weighted by molar-refractivity contribution is 7.89. The van der Waals surface area contributed by atoms with Gasteiger partial charge in [0.25, 0.3) is 5.91 Å². The summed E-state index contributed by atoms with van der Waals surface area (Å²) >= 11 is 0. The fourth-order valence-electron chi connectivity index (χ4n) is 3.46. The molecule has 0 radical (unpaired) electrons. The minimum absolute atomic E-state index is 0.115. The Morgan fingerprint density at radius 2 is 2.00 bits per heavy atom.